The summed E-state index contributed by atoms with van der Waals surface area (Å²) < 4.78 is 0. The minimum atomic E-state index is -0.0851. The number of phenolic OH excluding ortho intramolecular Hbond substituents is 1. The molecule has 0 bridgehead atoms. The number of phenols is 1. The predicted octanol–water partition coefficient (Wildman–Crippen LogP) is 2.72. The normalized spacial score (nSPS) is 15.8. The highest BCUT2D eigenvalue weighted by molar-refractivity contribution is 6.07. The number of fused-ring (bicyclic) bond motifs is 1. The van der Waals surface area contributed by atoms with Crippen LogP contribution >= 0.6 is 0 Å². The van der Waals surface area contributed by atoms with Gasteiger partial charge in [-0.1, -0.05) is 6.92 Å². The van der Waals surface area contributed by atoms with Crippen LogP contribution in [0.5, 0.6) is 5.75 Å². The third-order valence-corrected chi connectivity index (χ3v) is 5.41. The van der Waals surface area contributed by atoms with Crippen molar-refractivity contribution < 1.29 is 9.90 Å². The van der Waals surface area contributed by atoms with Crippen LogP contribution in [0.15, 0.2) is 30.3 Å². The van der Waals surface area contributed by atoms with E-state index in [0.29, 0.717) is 16.9 Å². The molecular formula is C21H25N5O2. The number of aromatic hydroxyl groups is 1. The van der Waals surface area contributed by atoms with Crippen molar-refractivity contribution in [2.45, 2.75) is 32.2 Å². The summed E-state index contributed by atoms with van der Waals surface area (Å²) in [6, 6.07) is 8.81. The topological polar surface area (TPSA) is 94.1 Å². The Morgan fingerprint density at radius 3 is 2.68 bits per heavy atom. The van der Waals surface area contributed by atoms with Crippen molar-refractivity contribution in [2.75, 3.05) is 20.1 Å². The molecule has 3 heterocycles. The van der Waals surface area contributed by atoms with Gasteiger partial charge in [0.25, 0.3) is 5.91 Å². The van der Waals surface area contributed by atoms with Gasteiger partial charge >= 0.3 is 0 Å². The molecule has 7 nitrogen and oxygen atoms in total. The Kier molecular flexibility index (Phi) is 5.00. The molecule has 1 aliphatic heterocycles. The van der Waals surface area contributed by atoms with Crippen molar-refractivity contribution in [1.29, 1.82) is 0 Å². The van der Waals surface area contributed by atoms with E-state index in [0.717, 1.165) is 49.0 Å². The predicted molar refractivity (Wildman–Crippen MR) is 108 cm³/mol. The Morgan fingerprint density at radius 2 is 2.00 bits per heavy atom. The average Bonchev–Trinajstić information content (AvgIpc) is 3.12. The van der Waals surface area contributed by atoms with Crippen molar-refractivity contribution in [3.8, 4) is 17.0 Å². The number of carbonyl (C=O) groups excluding carboxylic acids is 1. The van der Waals surface area contributed by atoms with Gasteiger partial charge in [0.1, 0.15) is 5.75 Å². The van der Waals surface area contributed by atoms with Crippen LogP contribution in [0, 0.1) is 0 Å². The molecule has 1 saturated heterocycles. The molecular weight excluding hydrogens is 354 g/mol. The average molecular weight is 379 g/mol. The number of benzene rings is 1. The van der Waals surface area contributed by atoms with Gasteiger partial charge in [0, 0.05) is 17.3 Å². The Balaban J connectivity index is 1.73. The monoisotopic (exact) mass is 379 g/mol. The first-order chi connectivity index (χ1) is 13.5. The first-order valence-electron chi connectivity index (χ1n) is 9.72. The zero-order valence-electron chi connectivity index (χ0n) is 16.2. The Morgan fingerprint density at radius 1 is 1.29 bits per heavy atom. The maximum atomic E-state index is 13.2. The summed E-state index contributed by atoms with van der Waals surface area (Å²) in [4.78, 5) is 20.1. The van der Waals surface area contributed by atoms with Gasteiger partial charge in [0.05, 0.1) is 16.6 Å². The number of aryl methyl sites for hydroxylation is 1. The van der Waals surface area contributed by atoms with Crippen LogP contribution in [0.1, 0.15) is 35.8 Å². The first kappa shape index (κ1) is 18.4. The van der Waals surface area contributed by atoms with Crippen LogP contribution in [0.2, 0.25) is 0 Å². The smallest absolute Gasteiger partial charge is 0.252 e. The van der Waals surface area contributed by atoms with Gasteiger partial charge in [-0.25, -0.2) is 4.98 Å². The highest BCUT2D eigenvalue weighted by Gasteiger charge is 2.23. The number of aromatic nitrogens is 3. The van der Waals surface area contributed by atoms with Crippen LogP contribution in [0.3, 0.4) is 0 Å². The number of pyridine rings is 1. The number of hydrogen-bond donors (Lipinski definition) is 3. The van der Waals surface area contributed by atoms with E-state index in [1.54, 1.807) is 24.3 Å². The fourth-order valence-electron chi connectivity index (χ4n) is 3.72. The molecule has 1 amide bonds. The number of hydrogen-bond acceptors (Lipinski definition) is 5. The third kappa shape index (κ3) is 3.57. The summed E-state index contributed by atoms with van der Waals surface area (Å²) in [6.45, 7) is 4.00. The molecule has 0 unspecified atom stereocenters. The van der Waals surface area contributed by atoms with Crippen molar-refractivity contribution in [3.05, 3.63) is 41.6 Å². The van der Waals surface area contributed by atoms with E-state index in [1.807, 2.05) is 13.0 Å². The quantitative estimate of drug-likeness (QED) is 0.648. The van der Waals surface area contributed by atoms with Crippen LogP contribution in [0.25, 0.3) is 22.3 Å². The van der Waals surface area contributed by atoms with Crippen LogP contribution < -0.4 is 5.32 Å². The highest BCUT2D eigenvalue weighted by Crippen LogP contribution is 2.27. The molecule has 3 aromatic rings. The summed E-state index contributed by atoms with van der Waals surface area (Å²) in [7, 11) is 2.10. The van der Waals surface area contributed by atoms with Crippen molar-refractivity contribution >= 4 is 16.9 Å². The van der Waals surface area contributed by atoms with E-state index >= 15 is 0 Å². The second kappa shape index (κ2) is 7.59. The highest BCUT2D eigenvalue weighted by atomic mass is 16.3. The summed E-state index contributed by atoms with van der Waals surface area (Å²) in [5.74, 6) is 0.108. The van der Waals surface area contributed by atoms with E-state index in [4.69, 9.17) is 0 Å². The zero-order valence-corrected chi connectivity index (χ0v) is 16.2. The molecule has 1 aromatic carbocycles. The minimum Gasteiger partial charge on any atom is -0.508 e. The molecule has 4 rings (SSSR count). The minimum absolute atomic E-state index is 0.0851. The Labute approximate surface area is 163 Å². The molecule has 0 saturated carbocycles. The number of H-pyrrole nitrogens is 1. The van der Waals surface area contributed by atoms with E-state index in [-0.39, 0.29) is 17.7 Å². The van der Waals surface area contributed by atoms with E-state index < -0.39 is 0 Å². The van der Waals surface area contributed by atoms with Gasteiger partial charge in [0.15, 0.2) is 5.65 Å². The molecule has 1 fully saturated rings. The number of piperidine rings is 1. The Hall–Kier alpha value is -2.93. The van der Waals surface area contributed by atoms with Crippen LogP contribution in [-0.4, -0.2) is 57.3 Å². The zero-order chi connectivity index (χ0) is 19.7. The van der Waals surface area contributed by atoms with E-state index in [1.165, 1.54) is 0 Å². The van der Waals surface area contributed by atoms with Gasteiger partial charge in [-0.3, -0.25) is 9.89 Å². The fraction of sp³-hybridized carbons (Fsp3) is 0.381. The molecule has 0 aliphatic carbocycles. The fourth-order valence-corrected chi connectivity index (χ4v) is 3.72. The Bertz CT molecular complexity index is 988. The molecule has 0 atom stereocenters. The number of nitrogens with zero attached hydrogens (tertiary/aromatic N) is 3. The first-order valence-corrected chi connectivity index (χ1v) is 9.72. The SMILES string of the molecule is CCc1[nH]nc2nc(-c3ccc(O)cc3)cc(C(=O)NC3CCN(C)CC3)c12. The lowest BCUT2D eigenvalue weighted by atomic mass is 10.0. The number of nitrogens with one attached hydrogen (secondary N) is 2. The standard InChI is InChI=1S/C21H25N5O2/c1-3-17-19-16(21(28)22-14-8-10-26(2)11-9-14)12-18(23-20(19)25-24-17)13-4-6-15(27)7-5-13/h4-7,12,14,27H,3,8-11H2,1-2H3,(H,22,28)(H,23,24,25). The number of rotatable bonds is 4. The van der Waals surface area contributed by atoms with Crippen molar-refractivity contribution in [1.82, 2.24) is 25.4 Å². The lowest BCUT2D eigenvalue weighted by molar-refractivity contribution is 0.0918. The second-order valence-corrected chi connectivity index (χ2v) is 7.41. The molecule has 146 valence electrons. The summed E-state index contributed by atoms with van der Waals surface area (Å²) in [5.41, 5.74) is 3.53. The van der Waals surface area contributed by atoms with Crippen LogP contribution in [0.4, 0.5) is 0 Å². The van der Waals surface area contributed by atoms with E-state index in [2.05, 4.69) is 32.4 Å². The molecule has 1 aliphatic rings. The lowest BCUT2D eigenvalue weighted by Crippen LogP contribution is -2.43. The van der Waals surface area contributed by atoms with Gasteiger partial charge < -0.3 is 15.3 Å². The summed E-state index contributed by atoms with van der Waals surface area (Å²) in [5, 5.41) is 20.9. The maximum Gasteiger partial charge on any atom is 0.252 e. The van der Waals surface area contributed by atoms with Gasteiger partial charge in [-0.15, -0.1) is 0 Å². The molecule has 28 heavy (non-hydrogen) atoms. The number of aromatic amines is 1. The second-order valence-electron chi connectivity index (χ2n) is 7.41. The van der Waals surface area contributed by atoms with Crippen molar-refractivity contribution in [2.24, 2.45) is 0 Å². The third-order valence-electron chi connectivity index (χ3n) is 5.41. The molecule has 3 N–H and O–H groups in total. The molecule has 2 aromatic heterocycles. The summed E-state index contributed by atoms with van der Waals surface area (Å²) in [6.07, 6.45) is 2.64. The lowest BCUT2D eigenvalue weighted by Gasteiger charge is -2.29. The largest absolute Gasteiger partial charge is 0.508 e. The number of carbonyl (C=O) groups is 1. The molecule has 0 radical (unpaired) electrons. The van der Waals surface area contributed by atoms with Gasteiger partial charge in [-0.2, -0.15) is 5.10 Å². The van der Waals surface area contributed by atoms with Crippen LogP contribution in [-0.2, 0) is 6.42 Å². The van der Waals surface area contributed by atoms with Crippen molar-refractivity contribution in [3.63, 3.8) is 0 Å². The van der Waals surface area contributed by atoms with E-state index in [9.17, 15) is 9.90 Å². The summed E-state index contributed by atoms with van der Waals surface area (Å²) >= 11 is 0. The number of likely N-dealkylation sites (tertiary alicyclic amines) is 1. The van der Waals surface area contributed by atoms with Gasteiger partial charge in [-0.05, 0) is 69.7 Å². The molecule has 7 heteroatoms. The number of amides is 1. The van der Waals surface area contributed by atoms with Gasteiger partial charge in [0.2, 0.25) is 0 Å². The molecule has 0 spiro atoms. The maximum absolute atomic E-state index is 13.2.